The minimum absolute atomic E-state index is 0.0150. The van der Waals surface area contributed by atoms with E-state index < -0.39 is 0 Å². The zero-order valence-electron chi connectivity index (χ0n) is 12.8. The molecule has 0 unspecified atom stereocenters. The van der Waals surface area contributed by atoms with Crippen molar-refractivity contribution in [3.8, 4) is 5.75 Å². The molecule has 0 bridgehead atoms. The number of carbonyl (C=O) groups excluding carboxylic acids is 1. The van der Waals surface area contributed by atoms with Crippen LogP contribution in [0.4, 0.5) is 0 Å². The summed E-state index contributed by atoms with van der Waals surface area (Å²) < 4.78 is 10.5. The van der Waals surface area contributed by atoms with E-state index in [0.717, 1.165) is 24.5 Å². The zero-order chi connectivity index (χ0) is 15.6. The van der Waals surface area contributed by atoms with Gasteiger partial charge in [-0.1, -0.05) is 18.2 Å². The molecule has 5 nitrogen and oxygen atoms in total. The second-order valence-corrected chi connectivity index (χ2v) is 4.92. The number of carbonyl (C=O) groups is 1. The predicted octanol–water partition coefficient (Wildman–Crippen LogP) is 2.13. The van der Waals surface area contributed by atoms with Gasteiger partial charge in [0.05, 0.1) is 19.9 Å². The van der Waals surface area contributed by atoms with Crippen LogP contribution < -0.4 is 15.4 Å². The van der Waals surface area contributed by atoms with Crippen molar-refractivity contribution in [2.45, 2.75) is 19.4 Å². The van der Waals surface area contributed by atoms with Gasteiger partial charge in [-0.15, -0.1) is 0 Å². The fraction of sp³-hybridized carbons (Fsp3) is 0.353. The third-order valence-corrected chi connectivity index (χ3v) is 3.33. The molecule has 0 saturated heterocycles. The average Bonchev–Trinajstić information content (AvgIpc) is 3.06. The number of para-hydroxylation sites is 1. The molecule has 5 heteroatoms. The summed E-state index contributed by atoms with van der Waals surface area (Å²) in [5, 5.41) is 6.09. The Labute approximate surface area is 130 Å². The van der Waals surface area contributed by atoms with Crippen LogP contribution in [-0.4, -0.2) is 26.1 Å². The van der Waals surface area contributed by atoms with Crippen molar-refractivity contribution >= 4 is 5.91 Å². The van der Waals surface area contributed by atoms with Gasteiger partial charge in [-0.25, -0.2) is 0 Å². The second-order valence-electron chi connectivity index (χ2n) is 4.92. The maximum absolute atomic E-state index is 11.7. The van der Waals surface area contributed by atoms with E-state index in [4.69, 9.17) is 9.15 Å². The minimum atomic E-state index is 0.0150. The molecule has 118 valence electrons. The number of amides is 1. The molecule has 22 heavy (non-hydrogen) atoms. The molecule has 2 aromatic rings. The molecule has 1 aromatic heterocycles. The summed E-state index contributed by atoms with van der Waals surface area (Å²) in [6.45, 7) is 1.90. The van der Waals surface area contributed by atoms with Crippen molar-refractivity contribution in [3.05, 3.63) is 54.0 Å². The molecule has 2 N–H and O–H groups in total. The van der Waals surface area contributed by atoms with Gasteiger partial charge in [-0.3, -0.25) is 4.79 Å². The van der Waals surface area contributed by atoms with E-state index >= 15 is 0 Å². The van der Waals surface area contributed by atoms with E-state index in [9.17, 15) is 4.79 Å². The second kappa shape index (κ2) is 8.89. The Morgan fingerprint density at radius 2 is 2.05 bits per heavy atom. The van der Waals surface area contributed by atoms with Gasteiger partial charge in [-0.05, 0) is 36.7 Å². The summed E-state index contributed by atoms with van der Waals surface area (Å²) in [4.78, 5) is 11.7. The van der Waals surface area contributed by atoms with Crippen molar-refractivity contribution in [2.24, 2.45) is 0 Å². The van der Waals surface area contributed by atoms with Crippen molar-refractivity contribution in [2.75, 3.05) is 20.2 Å². The number of benzene rings is 1. The van der Waals surface area contributed by atoms with Crippen molar-refractivity contribution in [1.29, 1.82) is 0 Å². The van der Waals surface area contributed by atoms with Crippen LogP contribution in [0.5, 0.6) is 5.75 Å². The van der Waals surface area contributed by atoms with E-state index in [1.165, 1.54) is 5.56 Å². The fourth-order valence-electron chi connectivity index (χ4n) is 2.15. The topological polar surface area (TPSA) is 63.5 Å². The van der Waals surface area contributed by atoms with E-state index in [1.54, 1.807) is 19.4 Å². The van der Waals surface area contributed by atoms with Crippen LogP contribution in [0.3, 0.4) is 0 Å². The molecule has 1 amide bonds. The third-order valence-electron chi connectivity index (χ3n) is 3.33. The Hall–Kier alpha value is -2.27. The van der Waals surface area contributed by atoms with Crippen LogP contribution in [0.1, 0.15) is 17.7 Å². The van der Waals surface area contributed by atoms with Crippen molar-refractivity contribution < 1.29 is 13.9 Å². The van der Waals surface area contributed by atoms with Crippen LogP contribution in [0, 0.1) is 0 Å². The average molecular weight is 302 g/mol. The number of hydrogen-bond acceptors (Lipinski definition) is 4. The third kappa shape index (κ3) is 5.26. The molecule has 0 aliphatic carbocycles. The summed E-state index contributed by atoms with van der Waals surface area (Å²) in [5.74, 6) is 1.68. The first-order valence-electron chi connectivity index (χ1n) is 7.41. The molecule has 0 aliphatic heterocycles. The molecule has 0 saturated carbocycles. The van der Waals surface area contributed by atoms with Gasteiger partial charge >= 0.3 is 0 Å². The first-order valence-corrected chi connectivity index (χ1v) is 7.41. The van der Waals surface area contributed by atoms with E-state index in [1.807, 2.05) is 24.3 Å². The van der Waals surface area contributed by atoms with Crippen LogP contribution in [-0.2, 0) is 17.8 Å². The Kier molecular flexibility index (Phi) is 6.51. The SMILES string of the molecule is COc1ccccc1CCNCCC(=O)NCc1ccco1. The lowest BCUT2D eigenvalue weighted by Crippen LogP contribution is -2.28. The Morgan fingerprint density at radius 1 is 1.18 bits per heavy atom. The van der Waals surface area contributed by atoms with Gasteiger partial charge in [0.25, 0.3) is 0 Å². The quantitative estimate of drug-likeness (QED) is 0.697. The lowest BCUT2D eigenvalue weighted by Gasteiger charge is -2.09. The standard InChI is InChI=1S/C17H22N2O3/c1-21-16-7-3-2-5-14(16)8-10-18-11-9-17(20)19-13-15-6-4-12-22-15/h2-7,12,18H,8-11,13H2,1H3,(H,19,20). The number of furan rings is 1. The van der Waals surface area contributed by atoms with Gasteiger partial charge < -0.3 is 19.8 Å². The first kappa shape index (κ1) is 16.1. The molecule has 0 atom stereocenters. The highest BCUT2D eigenvalue weighted by atomic mass is 16.5. The molecular formula is C17H22N2O3. The molecule has 0 fully saturated rings. The maximum Gasteiger partial charge on any atom is 0.221 e. The number of ether oxygens (including phenoxy) is 1. The number of nitrogens with one attached hydrogen (secondary N) is 2. The molecule has 1 aromatic carbocycles. The zero-order valence-corrected chi connectivity index (χ0v) is 12.8. The van der Waals surface area contributed by atoms with Gasteiger partial charge in [0.2, 0.25) is 5.91 Å². The summed E-state index contributed by atoms with van der Waals surface area (Å²) in [7, 11) is 1.68. The van der Waals surface area contributed by atoms with E-state index in [0.29, 0.717) is 19.5 Å². The van der Waals surface area contributed by atoms with Gasteiger partial charge in [0, 0.05) is 13.0 Å². The number of methoxy groups -OCH3 is 1. The maximum atomic E-state index is 11.7. The van der Waals surface area contributed by atoms with Gasteiger partial charge in [-0.2, -0.15) is 0 Å². The lowest BCUT2D eigenvalue weighted by molar-refractivity contribution is -0.121. The van der Waals surface area contributed by atoms with Crippen molar-refractivity contribution in [1.82, 2.24) is 10.6 Å². The molecule has 1 heterocycles. The Bertz CT molecular complexity index is 567. The molecule has 2 rings (SSSR count). The van der Waals surface area contributed by atoms with Gasteiger partial charge in [0.1, 0.15) is 11.5 Å². The molecule has 0 spiro atoms. The summed E-state index contributed by atoms with van der Waals surface area (Å²) >= 11 is 0. The van der Waals surface area contributed by atoms with Crippen LogP contribution in [0.2, 0.25) is 0 Å². The smallest absolute Gasteiger partial charge is 0.221 e. The summed E-state index contributed by atoms with van der Waals surface area (Å²) in [6, 6.07) is 11.6. The molecule has 0 radical (unpaired) electrons. The number of hydrogen-bond donors (Lipinski definition) is 2. The summed E-state index contributed by atoms with van der Waals surface area (Å²) in [6.07, 6.45) is 2.92. The highest BCUT2D eigenvalue weighted by molar-refractivity contribution is 5.75. The monoisotopic (exact) mass is 302 g/mol. The first-order chi connectivity index (χ1) is 10.8. The highest BCUT2D eigenvalue weighted by Gasteiger charge is 2.03. The summed E-state index contributed by atoms with van der Waals surface area (Å²) in [5.41, 5.74) is 1.17. The van der Waals surface area contributed by atoms with E-state index in [2.05, 4.69) is 16.7 Å². The Morgan fingerprint density at radius 3 is 2.82 bits per heavy atom. The van der Waals surface area contributed by atoms with Gasteiger partial charge in [0.15, 0.2) is 0 Å². The number of rotatable bonds is 9. The highest BCUT2D eigenvalue weighted by Crippen LogP contribution is 2.17. The Balaban J connectivity index is 1.58. The normalized spacial score (nSPS) is 10.4. The fourth-order valence-corrected chi connectivity index (χ4v) is 2.15. The lowest BCUT2D eigenvalue weighted by atomic mass is 10.1. The van der Waals surface area contributed by atoms with Crippen LogP contribution >= 0.6 is 0 Å². The largest absolute Gasteiger partial charge is 0.496 e. The van der Waals surface area contributed by atoms with E-state index in [-0.39, 0.29) is 5.91 Å². The van der Waals surface area contributed by atoms with Crippen LogP contribution in [0.25, 0.3) is 0 Å². The predicted molar refractivity (Wildman–Crippen MR) is 84.7 cm³/mol. The van der Waals surface area contributed by atoms with Crippen molar-refractivity contribution in [3.63, 3.8) is 0 Å². The molecule has 0 aliphatic rings. The molecular weight excluding hydrogens is 280 g/mol. The minimum Gasteiger partial charge on any atom is -0.496 e. The van der Waals surface area contributed by atoms with Crippen LogP contribution in [0.15, 0.2) is 47.1 Å².